The Morgan fingerprint density at radius 3 is 2.72 bits per heavy atom. The Kier molecular flexibility index (Phi) is 6.63. The molecule has 0 aliphatic heterocycles. The largest absolute Gasteiger partial charge is 0.395 e. The minimum absolute atomic E-state index is 0.0544. The predicted molar refractivity (Wildman–Crippen MR) is 77.9 cm³/mol. The van der Waals surface area contributed by atoms with Crippen molar-refractivity contribution in [1.82, 2.24) is 0 Å². The van der Waals surface area contributed by atoms with Gasteiger partial charge in [0.05, 0.1) is 13.2 Å². The van der Waals surface area contributed by atoms with Crippen LogP contribution in [-0.2, 0) is 4.74 Å². The molecule has 5 heteroatoms. The zero-order chi connectivity index (χ0) is 13.5. The summed E-state index contributed by atoms with van der Waals surface area (Å²) in [6.07, 6.45) is 0. The average molecular weight is 317 g/mol. The summed E-state index contributed by atoms with van der Waals surface area (Å²) in [7, 11) is 1.67. The molecule has 1 aromatic carbocycles. The summed E-state index contributed by atoms with van der Waals surface area (Å²) < 4.78 is 6.11. The molecule has 0 saturated heterocycles. The van der Waals surface area contributed by atoms with E-state index in [4.69, 9.17) is 15.6 Å². The summed E-state index contributed by atoms with van der Waals surface area (Å²) in [5.41, 5.74) is 8.12. The van der Waals surface area contributed by atoms with Crippen molar-refractivity contribution in [2.75, 3.05) is 38.3 Å². The van der Waals surface area contributed by atoms with Crippen molar-refractivity contribution in [3.63, 3.8) is 0 Å². The molecule has 0 radical (unpaired) electrons. The highest BCUT2D eigenvalue weighted by molar-refractivity contribution is 9.10. The van der Waals surface area contributed by atoms with E-state index in [0.717, 1.165) is 22.3 Å². The number of hydrogen-bond donors (Lipinski definition) is 2. The number of rotatable bonds is 7. The molecule has 0 spiro atoms. The number of nitrogens with zero attached hydrogens (tertiary/aromatic N) is 1. The van der Waals surface area contributed by atoms with E-state index in [0.29, 0.717) is 13.2 Å². The highest BCUT2D eigenvalue weighted by atomic mass is 79.9. The number of aliphatic hydroxyl groups excluding tert-OH is 1. The van der Waals surface area contributed by atoms with Crippen LogP contribution in [0.1, 0.15) is 18.5 Å². The number of aliphatic hydroxyl groups is 1. The molecule has 18 heavy (non-hydrogen) atoms. The summed E-state index contributed by atoms with van der Waals surface area (Å²) in [5, 5.41) is 9.16. The summed E-state index contributed by atoms with van der Waals surface area (Å²) in [5.74, 6) is 0. The maximum Gasteiger partial charge on any atom is 0.0637 e. The van der Waals surface area contributed by atoms with Gasteiger partial charge >= 0.3 is 0 Å². The van der Waals surface area contributed by atoms with E-state index >= 15 is 0 Å². The van der Waals surface area contributed by atoms with Crippen molar-refractivity contribution in [1.29, 1.82) is 0 Å². The Balaban J connectivity index is 3.01. The topological polar surface area (TPSA) is 58.7 Å². The van der Waals surface area contributed by atoms with Gasteiger partial charge < -0.3 is 20.5 Å². The Morgan fingerprint density at radius 2 is 2.17 bits per heavy atom. The van der Waals surface area contributed by atoms with Gasteiger partial charge in [-0.25, -0.2) is 0 Å². The van der Waals surface area contributed by atoms with Crippen molar-refractivity contribution in [3.05, 3.63) is 28.2 Å². The van der Waals surface area contributed by atoms with Crippen molar-refractivity contribution in [2.45, 2.75) is 13.0 Å². The van der Waals surface area contributed by atoms with Gasteiger partial charge in [0.25, 0.3) is 0 Å². The molecule has 0 aromatic heterocycles. The fourth-order valence-corrected chi connectivity index (χ4v) is 2.23. The Bertz CT molecular complexity index is 372. The second kappa shape index (κ2) is 7.74. The molecule has 0 aliphatic rings. The maximum absolute atomic E-state index is 9.16. The van der Waals surface area contributed by atoms with E-state index in [1.807, 2.05) is 25.1 Å². The van der Waals surface area contributed by atoms with Gasteiger partial charge in [0.2, 0.25) is 0 Å². The highest BCUT2D eigenvalue weighted by Crippen LogP contribution is 2.28. The van der Waals surface area contributed by atoms with Gasteiger partial charge in [0.1, 0.15) is 0 Å². The molecule has 0 aliphatic carbocycles. The molecule has 1 atom stereocenters. The second-order valence-corrected chi connectivity index (χ2v) is 5.11. The van der Waals surface area contributed by atoms with E-state index in [1.165, 1.54) is 0 Å². The lowest BCUT2D eigenvalue weighted by Crippen LogP contribution is -2.31. The number of anilines is 1. The molecular formula is C13H21BrN2O2. The van der Waals surface area contributed by atoms with Gasteiger partial charge in [-0.1, -0.05) is 15.9 Å². The van der Waals surface area contributed by atoms with Gasteiger partial charge in [0.15, 0.2) is 0 Å². The van der Waals surface area contributed by atoms with Crippen LogP contribution in [0.5, 0.6) is 0 Å². The molecule has 102 valence electrons. The van der Waals surface area contributed by atoms with E-state index in [9.17, 15) is 0 Å². The number of ether oxygens (including phenoxy) is 1. The number of hydrogen-bond acceptors (Lipinski definition) is 4. The second-order valence-electron chi connectivity index (χ2n) is 4.20. The Hall–Kier alpha value is -0.620. The number of benzene rings is 1. The van der Waals surface area contributed by atoms with Gasteiger partial charge in [-0.05, 0) is 30.7 Å². The molecule has 1 aromatic rings. The predicted octanol–water partition coefficient (Wildman–Crippen LogP) is 1.91. The van der Waals surface area contributed by atoms with Gasteiger partial charge in [-0.15, -0.1) is 0 Å². The molecule has 4 nitrogen and oxygen atoms in total. The summed E-state index contributed by atoms with van der Waals surface area (Å²) in [6.45, 7) is 3.99. The average Bonchev–Trinajstić information content (AvgIpc) is 2.34. The summed E-state index contributed by atoms with van der Waals surface area (Å²) in [6, 6.07) is 5.98. The molecular weight excluding hydrogens is 296 g/mol. The van der Waals surface area contributed by atoms with Crippen LogP contribution in [0, 0.1) is 0 Å². The molecule has 0 saturated carbocycles. The van der Waals surface area contributed by atoms with Crippen LogP contribution in [0.25, 0.3) is 0 Å². The Labute approximate surface area is 117 Å². The van der Waals surface area contributed by atoms with Crippen LogP contribution in [-0.4, -0.2) is 38.5 Å². The van der Waals surface area contributed by atoms with Gasteiger partial charge in [-0.2, -0.15) is 0 Å². The van der Waals surface area contributed by atoms with Crippen LogP contribution < -0.4 is 10.6 Å². The van der Waals surface area contributed by atoms with Gasteiger partial charge in [0, 0.05) is 36.4 Å². The molecule has 0 heterocycles. The molecule has 1 unspecified atom stereocenters. The number of nitrogens with two attached hydrogens (primary N) is 1. The van der Waals surface area contributed by atoms with Crippen LogP contribution in [0.2, 0.25) is 0 Å². The van der Waals surface area contributed by atoms with Crippen molar-refractivity contribution >= 4 is 21.6 Å². The smallest absolute Gasteiger partial charge is 0.0637 e. The molecule has 0 fully saturated rings. The number of halogens is 1. The molecule has 3 N–H and O–H groups in total. The van der Waals surface area contributed by atoms with Crippen LogP contribution >= 0.6 is 15.9 Å². The highest BCUT2D eigenvalue weighted by Gasteiger charge is 2.13. The summed E-state index contributed by atoms with van der Waals surface area (Å²) in [4.78, 5) is 2.09. The first kappa shape index (κ1) is 15.4. The van der Waals surface area contributed by atoms with Crippen molar-refractivity contribution in [3.8, 4) is 0 Å². The maximum atomic E-state index is 9.16. The summed E-state index contributed by atoms with van der Waals surface area (Å²) >= 11 is 3.46. The lowest BCUT2D eigenvalue weighted by atomic mass is 10.1. The first-order valence-electron chi connectivity index (χ1n) is 6.00. The minimum Gasteiger partial charge on any atom is -0.395 e. The third-order valence-corrected chi connectivity index (χ3v) is 3.25. The van der Waals surface area contributed by atoms with Gasteiger partial charge in [-0.3, -0.25) is 0 Å². The monoisotopic (exact) mass is 316 g/mol. The lowest BCUT2D eigenvalue weighted by molar-refractivity contribution is 0.203. The fourth-order valence-electron chi connectivity index (χ4n) is 1.85. The van der Waals surface area contributed by atoms with E-state index in [-0.39, 0.29) is 12.6 Å². The van der Waals surface area contributed by atoms with Crippen molar-refractivity contribution in [2.24, 2.45) is 5.73 Å². The fraction of sp³-hybridized carbons (Fsp3) is 0.538. The van der Waals surface area contributed by atoms with Crippen LogP contribution in [0.3, 0.4) is 0 Å². The molecule has 1 rings (SSSR count). The standard InChI is InChI=1S/C13H21BrN2O2/c1-10(15)12-9-11(14)3-4-13(12)16(5-7-17)6-8-18-2/h3-4,9-10,17H,5-8,15H2,1-2H3. The first-order valence-corrected chi connectivity index (χ1v) is 6.79. The minimum atomic E-state index is -0.0544. The van der Waals surface area contributed by atoms with E-state index < -0.39 is 0 Å². The van der Waals surface area contributed by atoms with Crippen molar-refractivity contribution < 1.29 is 9.84 Å². The molecule has 0 amide bonds. The lowest BCUT2D eigenvalue weighted by Gasteiger charge is -2.27. The van der Waals surface area contributed by atoms with Crippen LogP contribution in [0.4, 0.5) is 5.69 Å². The van der Waals surface area contributed by atoms with Crippen LogP contribution in [0.15, 0.2) is 22.7 Å². The third-order valence-electron chi connectivity index (χ3n) is 2.76. The number of methoxy groups -OCH3 is 1. The zero-order valence-electron chi connectivity index (χ0n) is 10.9. The van der Waals surface area contributed by atoms with E-state index in [2.05, 4.69) is 20.8 Å². The van der Waals surface area contributed by atoms with E-state index in [1.54, 1.807) is 7.11 Å². The quantitative estimate of drug-likeness (QED) is 0.807. The SMILES string of the molecule is COCCN(CCO)c1ccc(Br)cc1C(C)N. The Morgan fingerprint density at radius 1 is 1.44 bits per heavy atom. The zero-order valence-corrected chi connectivity index (χ0v) is 12.5. The molecule has 0 bridgehead atoms. The third kappa shape index (κ3) is 4.24. The first-order chi connectivity index (χ1) is 8.60. The normalized spacial score (nSPS) is 12.5.